The largest absolute Gasteiger partial charge is 0.495 e. The van der Waals surface area contributed by atoms with E-state index in [1.165, 1.54) is 7.11 Å². The summed E-state index contributed by atoms with van der Waals surface area (Å²) in [7, 11) is 1.53. The molecule has 0 saturated carbocycles. The standard InChI is InChI=1S/C12H13ClN2O3/c1-18-10-4-7-2-3-11(16)14-8(7)5-9(10)15-12(17)6-13/h4-5H,2-3,6H2,1H3,(H,14,16)(H,15,17). The summed E-state index contributed by atoms with van der Waals surface area (Å²) < 4.78 is 5.21. The minimum Gasteiger partial charge on any atom is -0.495 e. The molecule has 18 heavy (non-hydrogen) atoms. The van der Waals surface area contributed by atoms with Gasteiger partial charge in [-0.05, 0) is 24.1 Å². The number of nitrogens with one attached hydrogen (secondary N) is 2. The fourth-order valence-corrected chi connectivity index (χ4v) is 1.92. The summed E-state index contributed by atoms with van der Waals surface area (Å²) >= 11 is 5.44. The van der Waals surface area contributed by atoms with E-state index < -0.39 is 0 Å². The van der Waals surface area contributed by atoms with Crippen LogP contribution in [0.25, 0.3) is 0 Å². The number of alkyl halides is 1. The molecule has 1 aromatic carbocycles. The second kappa shape index (κ2) is 5.27. The molecule has 2 rings (SSSR count). The van der Waals surface area contributed by atoms with Crippen molar-refractivity contribution in [1.29, 1.82) is 0 Å². The highest BCUT2D eigenvalue weighted by Gasteiger charge is 2.18. The van der Waals surface area contributed by atoms with Gasteiger partial charge in [0.1, 0.15) is 11.6 Å². The number of hydrogen-bond donors (Lipinski definition) is 2. The summed E-state index contributed by atoms with van der Waals surface area (Å²) in [6, 6.07) is 3.51. The molecule has 0 fully saturated rings. The highest BCUT2D eigenvalue weighted by Crippen LogP contribution is 2.34. The van der Waals surface area contributed by atoms with Crippen LogP contribution in [-0.2, 0) is 16.0 Å². The quantitative estimate of drug-likeness (QED) is 0.821. The number of carbonyl (C=O) groups excluding carboxylic acids is 2. The van der Waals surface area contributed by atoms with Crippen molar-refractivity contribution in [2.24, 2.45) is 0 Å². The molecule has 0 atom stereocenters. The predicted octanol–water partition coefficient (Wildman–Crippen LogP) is 1.76. The van der Waals surface area contributed by atoms with Crippen molar-refractivity contribution in [3.05, 3.63) is 17.7 Å². The van der Waals surface area contributed by atoms with Gasteiger partial charge in [0.05, 0.1) is 12.8 Å². The van der Waals surface area contributed by atoms with Crippen LogP contribution in [-0.4, -0.2) is 24.8 Å². The van der Waals surface area contributed by atoms with E-state index in [-0.39, 0.29) is 17.7 Å². The van der Waals surface area contributed by atoms with E-state index in [2.05, 4.69) is 10.6 Å². The molecule has 2 N–H and O–H groups in total. The van der Waals surface area contributed by atoms with Crippen LogP contribution in [0.5, 0.6) is 5.75 Å². The van der Waals surface area contributed by atoms with Crippen LogP contribution < -0.4 is 15.4 Å². The topological polar surface area (TPSA) is 67.4 Å². The SMILES string of the molecule is COc1cc2c(cc1NC(=O)CCl)NC(=O)CC2. The van der Waals surface area contributed by atoms with Crippen LogP contribution in [0.4, 0.5) is 11.4 Å². The van der Waals surface area contributed by atoms with Gasteiger partial charge in [0.2, 0.25) is 11.8 Å². The van der Waals surface area contributed by atoms with Crippen molar-refractivity contribution in [1.82, 2.24) is 0 Å². The molecule has 5 nitrogen and oxygen atoms in total. The van der Waals surface area contributed by atoms with Gasteiger partial charge in [-0.15, -0.1) is 11.6 Å². The molecule has 0 unspecified atom stereocenters. The zero-order chi connectivity index (χ0) is 13.1. The highest BCUT2D eigenvalue weighted by molar-refractivity contribution is 6.29. The average molecular weight is 269 g/mol. The second-order valence-corrected chi connectivity index (χ2v) is 4.21. The summed E-state index contributed by atoms with van der Waals surface area (Å²) in [6.07, 6.45) is 1.13. The minimum atomic E-state index is -0.322. The third-order valence-electron chi connectivity index (χ3n) is 2.72. The van der Waals surface area contributed by atoms with Gasteiger partial charge in [-0.3, -0.25) is 9.59 Å². The molecule has 0 bridgehead atoms. The summed E-state index contributed by atoms with van der Waals surface area (Å²) in [5, 5.41) is 5.39. The van der Waals surface area contributed by atoms with E-state index in [9.17, 15) is 9.59 Å². The lowest BCUT2D eigenvalue weighted by molar-refractivity contribution is -0.116. The number of methoxy groups -OCH3 is 1. The molecule has 0 aliphatic carbocycles. The predicted molar refractivity (Wildman–Crippen MR) is 69.3 cm³/mol. The zero-order valence-corrected chi connectivity index (χ0v) is 10.6. The number of aryl methyl sites for hydroxylation is 1. The van der Waals surface area contributed by atoms with Gasteiger partial charge in [-0.1, -0.05) is 0 Å². The summed E-state index contributed by atoms with van der Waals surface area (Å²) in [4.78, 5) is 22.6. The van der Waals surface area contributed by atoms with Gasteiger partial charge < -0.3 is 15.4 Å². The van der Waals surface area contributed by atoms with Crippen LogP contribution in [0.3, 0.4) is 0 Å². The lowest BCUT2D eigenvalue weighted by Crippen LogP contribution is -2.20. The first kappa shape index (κ1) is 12.7. The third kappa shape index (κ3) is 2.56. The van der Waals surface area contributed by atoms with E-state index in [1.807, 2.05) is 6.07 Å². The van der Waals surface area contributed by atoms with Crippen LogP contribution in [0.1, 0.15) is 12.0 Å². The number of carbonyl (C=O) groups is 2. The first-order valence-electron chi connectivity index (χ1n) is 5.50. The average Bonchev–Trinajstić information content (AvgIpc) is 2.37. The van der Waals surface area contributed by atoms with E-state index in [0.717, 1.165) is 5.56 Å². The Hall–Kier alpha value is -1.75. The molecule has 0 radical (unpaired) electrons. The zero-order valence-electron chi connectivity index (χ0n) is 9.88. The molecule has 6 heteroatoms. The third-order valence-corrected chi connectivity index (χ3v) is 2.96. The van der Waals surface area contributed by atoms with Crippen LogP contribution in [0.15, 0.2) is 12.1 Å². The number of halogens is 1. The van der Waals surface area contributed by atoms with E-state index in [4.69, 9.17) is 16.3 Å². The fourth-order valence-electron chi connectivity index (χ4n) is 1.86. The maximum Gasteiger partial charge on any atom is 0.239 e. The monoisotopic (exact) mass is 268 g/mol. The van der Waals surface area contributed by atoms with Crippen molar-refractivity contribution in [2.75, 3.05) is 23.6 Å². The Labute approximate surface area is 109 Å². The Morgan fingerprint density at radius 3 is 2.94 bits per heavy atom. The van der Waals surface area contributed by atoms with Crippen molar-refractivity contribution < 1.29 is 14.3 Å². The first-order valence-corrected chi connectivity index (χ1v) is 6.04. The molecular formula is C12H13ClN2O3. The number of rotatable bonds is 3. The second-order valence-electron chi connectivity index (χ2n) is 3.94. The molecule has 2 amide bonds. The maximum absolute atomic E-state index is 11.3. The Bertz CT molecular complexity index is 502. The van der Waals surface area contributed by atoms with Gasteiger partial charge in [0.25, 0.3) is 0 Å². The van der Waals surface area contributed by atoms with Crippen LogP contribution in [0.2, 0.25) is 0 Å². The molecule has 0 spiro atoms. The number of ether oxygens (including phenoxy) is 1. The van der Waals surface area contributed by atoms with Gasteiger partial charge in [0.15, 0.2) is 0 Å². The van der Waals surface area contributed by atoms with E-state index in [0.29, 0.717) is 30.0 Å². The number of anilines is 2. The molecule has 1 aliphatic rings. The highest BCUT2D eigenvalue weighted by atomic mass is 35.5. The number of fused-ring (bicyclic) bond motifs is 1. The molecule has 1 heterocycles. The van der Waals surface area contributed by atoms with Gasteiger partial charge in [0, 0.05) is 12.1 Å². The van der Waals surface area contributed by atoms with E-state index >= 15 is 0 Å². The lowest BCUT2D eigenvalue weighted by Gasteiger charge is -2.20. The maximum atomic E-state index is 11.3. The molecule has 1 aromatic rings. The number of hydrogen-bond acceptors (Lipinski definition) is 3. The lowest BCUT2D eigenvalue weighted by atomic mass is 10.0. The molecule has 96 valence electrons. The van der Waals surface area contributed by atoms with Crippen molar-refractivity contribution in [3.8, 4) is 5.75 Å². The summed E-state index contributed by atoms with van der Waals surface area (Å²) in [5.41, 5.74) is 2.20. The normalized spacial score (nSPS) is 13.6. The van der Waals surface area contributed by atoms with Crippen LogP contribution >= 0.6 is 11.6 Å². The van der Waals surface area contributed by atoms with Gasteiger partial charge in [-0.25, -0.2) is 0 Å². The minimum absolute atomic E-state index is 0.0257. The van der Waals surface area contributed by atoms with Gasteiger partial charge in [-0.2, -0.15) is 0 Å². The summed E-state index contributed by atoms with van der Waals surface area (Å²) in [5.74, 6) is 0.0785. The molecule has 0 saturated heterocycles. The number of amides is 2. The Kier molecular flexibility index (Phi) is 3.72. The fraction of sp³-hybridized carbons (Fsp3) is 0.333. The van der Waals surface area contributed by atoms with Crippen molar-refractivity contribution in [2.45, 2.75) is 12.8 Å². The Morgan fingerprint density at radius 1 is 1.50 bits per heavy atom. The molecule has 1 aliphatic heterocycles. The van der Waals surface area contributed by atoms with Crippen molar-refractivity contribution in [3.63, 3.8) is 0 Å². The van der Waals surface area contributed by atoms with E-state index in [1.54, 1.807) is 6.07 Å². The first-order chi connectivity index (χ1) is 8.63. The Morgan fingerprint density at radius 2 is 2.28 bits per heavy atom. The molecule has 0 aromatic heterocycles. The summed E-state index contributed by atoms with van der Waals surface area (Å²) in [6.45, 7) is 0. The van der Waals surface area contributed by atoms with Crippen LogP contribution in [0, 0.1) is 0 Å². The molecular weight excluding hydrogens is 256 g/mol. The Balaban J connectivity index is 2.36. The smallest absolute Gasteiger partial charge is 0.239 e. The van der Waals surface area contributed by atoms with Gasteiger partial charge >= 0.3 is 0 Å². The van der Waals surface area contributed by atoms with Crippen molar-refractivity contribution >= 4 is 34.8 Å². The number of benzene rings is 1.